The lowest BCUT2D eigenvalue weighted by molar-refractivity contribution is 0.0941. The van der Waals surface area contributed by atoms with Gasteiger partial charge in [0, 0.05) is 25.7 Å². The lowest BCUT2D eigenvalue weighted by Crippen LogP contribution is -2.25. The maximum absolute atomic E-state index is 12.7. The number of hydrogen-bond acceptors (Lipinski definition) is 8. The summed E-state index contributed by atoms with van der Waals surface area (Å²) in [4.78, 5) is 15.0. The van der Waals surface area contributed by atoms with Gasteiger partial charge < -0.3 is 28.8 Å². The molecule has 2 aliphatic heterocycles. The molecule has 0 unspecified atom stereocenters. The molecule has 0 aliphatic carbocycles. The van der Waals surface area contributed by atoms with Crippen LogP contribution < -0.4 is 24.3 Å². The van der Waals surface area contributed by atoms with E-state index in [-0.39, 0.29) is 25.2 Å². The Morgan fingerprint density at radius 3 is 2.21 bits per heavy atom. The van der Waals surface area contributed by atoms with Gasteiger partial charge in [-0.15, -0.1) is 0 Å². The van der Waals surface area contributed by atoms with Crippen molar-refractivity contribution < 1.29 is 28.3 Å². The van der Waals surface area contributed by atoms with E-state index in [4.69, 9.17) is 23.5 Å². The van der Waals surface area contributed by atoms with E-state index >= 15 is 0 Å². The Morgan fingerprint density at radius 2 is 1.45 bits per heavy atom. The van der Waals surface area contributed by atoms with E-state index in [0.717, 1.165) is 35.6 Å². The summed E-state index contributed by atoms with van der Waals surface area (Å²) in [5, 5.41) is 6.90. The maximum Gasteiger partial charge on any atom is 0.273 e. The first-order valence-corrected chi connectivity index (χ1v) is 12.5. The molecule has 194 valence electrons. The van der Waals surface area contributed by atoms with Crippen molar-refractivity contribution in [1.29, 1.82) is 0 Å². The van der Waals surface area contributed by atoms with Gasteiger partial charge in [0.25, 0.3) is 5.91 Å². The summed E-state index contributed by atoms with van der Waals surface area (Å²) in [5.41, 5.74) is 3.50. The molecule has 0 radical (unpaired) electrons. The van der Waals surface area contributed by atoms with E-state index < -0.39 is 0 Å². The number of rotatable bonds is 10. The highest BCUT2D eigenvalue weighted by Gasteiger charge is 2.19. The largest absolute Gasteiger partial charge is 0.454 e. The third-order valence-electron chi connectivity index (χ3n) is 6.46. The average Bonchev–Trinajstić information content (AvgIpc) is 3.71. The van der Waals surface area contributed by atoms with Gasteiger partial charge >= 0.3 is 0 Å². The predicted molar refractivity (Wildman–Crippen MR) is 137 cm³/mol. The molecule has 1 N–H and O–H groups in total. The molecule has 9 heteroatoms. The Hall–Kier alpha value is -4.50. The molecule has 0 fully saturated rings. The van der Waals surface area contributed by atoms with Crippen LogP contribution in [0.25, 0.3) is 0 Å². The number of benzene rings is 3. The molecule has 3 heterocycles. The monoisotopic (exact) mass is 513 g/mol. The van der Waals surface area contributed by atoms with Crippen molar-refractivity contribution in [1.82, 2.24) is 15.4 Å². The average molecular weight is 514 g/mol. The fraction of sp³-hybridized carbons (Fsp3) is 0.241. The molecule has 6 rings (SSSR count). The van der Waals surface area contributed by atoms with Crippen LogP contribution in [0.4, 0.5) is 0 Å². The van der Waals surface area contributed by atoms with E-state index in [1.807, 2.05) is 54.6 Å². The normalized spacial score (nSPS) is 13.2. The van der Waals surface area contributed by atoms with Gasteiger partial charge in [0.05, 0.1) is 6.54 Å². The summed E-state index contributed by atoms with van der Waals surface area (Å²) in [6.45, 7) is 2.77. The predicted octanol–water partition coefficient (Wildman–Crippen LogP) is 4.31. The van der Waals surface area contributed by atoms with Crippen LogP contribution in [0.5, 0.6) is 23.0 Å². The van der Waals surface area contributed by atoms with Gasteiger partial charge in [-0.1, -0.05) is 47.6 Å². The summed E-state index contributed by atoms with van der Waals surface area (Å²) in [5.74, 6) is 3.22. The summed E-state index contributed by atoms with van der Waals surface area (Å²) < 4.78 is 27.3. The van der Waals surface area contributed by atoms with Crippen molar-refractivity contribution >= 4 is 5.91 Å². The highest BCUT2D eigenvalue weighted by atomic mass is 16.7. The zero-order valence-electron chi connectivity index (χ0n) is 20.7. The number of amides is 1. The van der Waals surface area contributed by atoms with Crippen molar-refractivity contribution in [3.8, 4) is 23.0 Å². The second kappa shape index (κ2) is 10.9. The molecule has 9 nitrogen and oxygen atoms in total. The van der Waals surface area contributed by atoms with Crippen LogP contribution in [0.2, 0.25) is 0 Å². The fourth-order valence-electron chi connectivity index (χ4n) is 4.48. The Labute approximate surface area is 219 Å². The van der Waals surface area contributed by atoms with E-state index in [0.29, 0.717) is 36.9 Å². The summed E-state index contributed by atoms with van der Waals surface area (Å²) in [6, 6.07) is 23.6. The molecule has 0 spiro atoms. The van der Waals surface area contributed by atoms with Gasteiger partial charge in [-0.2, -0.15) is 0 Å². The van der Waals surface area contributed by atoms with E-state index in [9.17, 15) is 4.79 Å². The van der Waals surface area contributed by atoms with Crippen LogP contribution in [-0.2, 0) is 26.1 Å². The van der Waals surface area contributed by atoms with E-state index in [2.05, 4.69) is 27.5 Å². The smallest absolute Gasteiger partial charge is 0.273 e. The Balaban J connectivity index is 1.10. The first kappa shape index (κ1) is 23.9. The van der Waals surface area contributed by atoms with Gasteiger partial charge in [-0.25, -0.2) is 0 Å². The lowest BCUT2D eigenvalue weighted by Gasteiger charge is -2.21. The van der Waals surface area contributed by atoms with Gasteiger partial charge in [-0.05, 0) is 47.4 Å². The molecular weight excluding hydrogens is 486 g/mol. The molecule has 1 aromatic heterocycles. The minimum absolute atomic E-state index is 0.212. The first-order chi connectivity index (χ1) is 18.7. The van der Waals surface area contributed by atoms with Crippen molar-refractivity contribution in [2.24, 2.45) is 0 Å². The number of carbonyl (C=O) groups excluding carboxylic acids is 1. The molecule has 2 aliphatic rings. The highest BCUT2D eigenvalue weighted by Crippen LogP contribution is 2.33. The van der Waals surface area contributed by atoms with Gasteiger partial charge in [0.1, 0.15) is 0 Å². The van der Waals surface area contributed by atoms with Crippen LogP contribution in [0.3, 0.4) is 0 Å². The van der Waals surface area contributed by atoms with Crippen molar-refractivity contribution in [2.45, 2.75) is 26.1 Å². The molecule has 38 heavy (non-hydrogen) atoms. The van der Waals surface area contributed by atoms with Gasteiger partial charge in [0.15, 0.2) is 34.5 Å². The van der Waals surface area contributed by atoms with E-state index in [1.54, 1.807) is 6.07 Å². The Kier molecular flexibility index (Phi) is 6.82. The molecule has 0 bridgehead atoms. The molecular formula is C29H27N3O6. The number of nitrogens with one attached hydrogen (secondary N) is 1. The summed E-state index contributed by atoms with van der Waals surface area (Å²) >= 11 is 0. The molecule has 0 saturated heterocycles. The lowest BCUT2D eigenvalue weighted by atomic mass is 10.1. The number of ether oxygens (including phenoxy) is 4. The first-order valence-electron chi connectivity index (χ1n) is 12.5. The van der Waals surface area contributed by atoms with Gasteiger partial charge in [0.2, 0.25) is 13.6 Å². The molecule has 3 aromatic carbocycles. The third kappa shape index (κ3) is 5.57. The standard InChI is InChI=1S/C29H27N3O6/c33-29(30-15-21-6-8-25-27(12-21)36-18-34-25)24-14-23(38-31-24)17-32(11-10-20-4-2-1-3-5-20)16-22-7-9-26-28(13-22)37-19-35-26/h1-9,12-14H,10-11,15-19H2,(H,30,33). The van der Waals surface area contributed by atoms with Crippen LogP contribution in [0.1, 0.15) is 32.9 Å². The van der Waals surface area contributed by atoms with Crippen molar-refractivity contribution in [3.05, 3.63) is 101 Å². The highest BCUT2D eigenvalue weighted by molar-refractivity contribution is 5.92. The second-order valence-corrected chi connectivity index (χ2v) is 9.18. The van der Waals surface area contributed by atoms with Gasteiger partial charge in [-0.3, -0.25) is 9.69 Å². The zero-order chi connectivity index (χ0) is 25.7. The number of carbonyl (C=O) groups is 1. The summed E-state index contributed by atoms with van der Waals surface area (Å²) in [7, 11) is 0. The molecule has 0 atom stereocenters. The van der Waals surface area contributed by atoms with Crippen LogP contribution in [0.15, 0.2) is 77.3 Å². The number of hydrogen-bond donors (Lipinski definition) is 1. The van der Waals surface area contributed by atoms with E-state index in [1.165, 1.54) is 5.56 Å². The second-order valence-electron chi connectivity index (χ2n) is 9.18. The molecule has 1 amide bonds. The van der Waals surface area contributed by atoms with Crippen LogP contribution >= 0.6 is 0 Å². The van der Waals surface area contributed by atoms with Crippen LogP contribution in [0, 0.1) is 0 Å². The SMILES string of the molecule is O=C(NCc1ccc2c(c1)OCO2)c1cc(CN(CCc2ccccc2)Cc2ccc3c(c2)OCO3)on1. The third-order valence-corrected chi connectivity index (χ3v) is 6.46. The number of nitrogens with zero attached hydrogens (tertiary/aromatic N) is 2. The summed E-state index contributed by atoms with van der Waals surface area (Å²) in [6.07, 6.45) is 0.877. The Bertz CT molecular complexity index is 1420. The minimum Gasteiger partial charge on any atom is -0.454 e. The molecule has 4 aromatic rings. The zero-order valence-corrected chi connectivity index (χ0v) is 20.7. The van der Waals surface area contributed by atoms with Crippen LogP contribution in [-0.4, -0.2) is 36.1 Å². The van der Waals surface area contributed by atoms with Crippen molar-refractivity contribution in [3.63, 3.8) is 0 Å². The van der Waals surface area contributed by atoms with Crippen molar-refractivity contribution in [2.75, 3.05) is 20.1 Å². The maximum atomic E-state index is 12.7. The molecule has 0 saturated carbocycles. The Morgan fingerprint density at radius 1 is 0.763 bits per heavy atom. The quantitative estimate of drug-likeness (QED) is 0.335. The topological polar surface area (TPSA) is 95.3 Å². The minimum atomic E-state index is -0.302. The number of aromatic nitrogens is 1. The fourth-order valence-corrected chi connectivity index (χ4v) is 4.48. The number of fused-ring (bicyclic) bond motifs is 2.